The lowest BCUT2D eigenvalue weighted by molar-refractivity contribution is -0.177. The van der Waals surface area contributed by atoms with Crippen LogP contribution in [-0.4, -0.2) is 47.8 Å². The van der Waals surface area contributed by atoms with Crippen LogP contribution in [0.2, 0.25) is 0 Å². The molecule has 5 heteroatoms. The first-order valence-electron chi connectivity index (χ1n) is 13.3. The zero-order valence-electron chi connectivity index (χ0n) is 20.3. The fourth-order valence-electron chi connectivity index (χ4n) is 9.08. The van der Waals surface area contributed by atoms with Crippen molar-refractivity contribution in [2.75, 3.05) is 26.2 Å². The van der Waals surface area contributed by atoms with Gasteiger partial charge in [-0.05, 0) is 86.2 Å². The van der Waals surface area contributed by atoms with Crippen molar-refractivity contribution in [3.8, 4) is 0 Å². The van der Waals surface area contributed by atoms with Crippen LogP contribution in [0.5, 0.6) is 0 Å². The molecule has 3 saturated carbocycles. The van der Waals surface area contributed by atoms with Crippen molar-refractivity contribution in [2.24, 2.45) is 22.7 Å². The average Bonchev–Trinajstić information content (AvgIpc) is 3.11. The Balaban J connectivity index is 1.28. The Morgan fingerprint density at radius 2 is 1.85 bits per heavy atom. The lowest BCUT2D eigenvalue weighted by atomic mass is 9.45. The number of hydrogen-bond donors (Lipinski definition) is 2. The van der Waals surface area contributed by atoms with E-state index in [0.717, 1.165) is 63.8 Å². The summed E-state index contributed by atoms with van der Waals surface area (Å²) in [6, 6.07) is 4.07. The zero-order chi connectivity index (χ0) is 22.8. The molecule has 0 amide bonds. The van der Waals surface area contributed by atoms with E-state index in [4.69, 9.17) is 4.42 Å². The summed E-state index contributed by atoms with van der Waals surface area (Å²) in [4.78, 5) is 14.2. The predicted octanol–water partition coefficient (Wildman–Crippen LogP) is 4.07. The Morgan fingerprint density at radius 3 is 2.61 bits per heavy atom. The van der Waals surface area contributed by atoms with Crippen LogP contribution in [0.15, 0.2) is 39.3 Å². The quantitative estimate of drug-likeness (QED) is 0.662. The molecule has 1 aromatic heterocycles. The molecule has 4 fully saturated rings. The highest BCUT2D eigenvalue weighted by Gasteiger charge is 2.66. The molecule has 5 nitrogen and oxygen atoms in total. The van der Waals surface area contributed by atoms with Gasteiger partial charge >= 0.3 is 5.63 Å². The summed E-state index contributed by atoms with van der Waals surface area (Å²) < 4.78 is 5.23. The highest BCUT2D eigenvalue weighted by Crippen LogP contribution is 2.70. The lowest BCUT2D eigenvalue weighted by Gasteiger charge is -2.62. The van der Waals surface area contributed by atoms with Gasteiger partial charge in [0.15, 0.2) is 0 Å². The molecule has 180 valence electrons. The Bertz CT molecular complexity index is 977. The Kier molecular flexibility index (Phi) is 5.21. The van der Waals surface area contributed by atoms with Gasteiger partial charge in [0, 0.05) is 43.7 Å². The summed E-state index contributed by atoms with van der Waals surface area (Å²) in [6.45, 7) is 9.39. The Morgan fingerprint density at radius 1 is 1.03 bits per heavy atom. The second-order valence-electron chi connectivity index (χ2n) is 12.1. The largest absolute Gasteiger partial charge is 0.431 e. The topological polar surface area (TPSA) is 65.7 Å². The maximum absolute atomic E-state index is 12.4. The van der Waals surface area contributed by atoms with Crippen LogP contribution < -0.4 is 10.9 Å². The van der Waals surface area contributed by atoms with E-state index in [1.54, 1.807) is 11.8 Å². The molecule has 0 radical (unpaired) electrons. The van der Waals surface area contributed by atoms with Crippen LogP contribution in [0.3, 0.4) is 0 Å². The van der Waals surface area contributed by atoms with Crippen LogP contribution in [0.25, 0.3) is 0 Å². The van der Waals surface area contributed by atoms with Gasteiger partial charge in [0.2, 0.25) is 0 Å². The third-order valence-electron chi connectivity index (χ3n) is 11.0. The van der Waals surface area contributed by atoms with Crippen molar-refractivity contribution >= 4 is 0 Å². The summed E-state index contributed by atoms with van der Waals surface area (Å²) in [5.41, 5.74) is 1.94. The second-order valence-corrected chi connectivity index (χ2v) is 12.1. The number of nitrogens with zero attached hydrogens (tertiary/aromatic N) is 1. The fraction of sp³-hybridized carbons (Fsp3) is 0.750. The van der Waals surface area contributed by atoms with Crippen LogP contribution in [0.4, 0.5) is 0 Å². The van der Waals surface area contributed by atoms with Gasteiger partial charge in [-0.3, -0.25) is 4.90 Å². The molecule has 0 aromatic carbocycles. The third-order valence-corrected chi connectivity index (χ3v) is 11.0. The molecule has 0 bridgehead atoms. The number of piperazine rings is 1. The van der Waals surface area contributed by atoms with E-state index in [1.165, 1.54) is 25.3 Å². The molecule has 4 aliphatic carbocycles. The van der Waals surface area contributed by atoms with Crippen LogP contribution in [0, 0.1) is 22.7 Å². The highest BCUT2D eigenvalue weighted by atomic mass is 16.4. The highest BCUT2D eigenvalue weighted by molar-refractivity contribution is 5.31. The van der Waals surface area contributed by atoms with Gasteiger partial charge in [-0.25, -0.2) is 4.79 Å². The molecule has 6 rings (SSSR count). The van der Waals surface area contributed by atoms with Crippen LogP contribution >= 0.6 is 0 Å². The molecule has 2 heterocycles. The summed E-state index contributed by atoms with van der Waals surface area (Å²) >= 11 is 0. The van der Waals surface area contributed by atoms with Crippen molar-refractivity contribution in [3.63, 3.8) is 0 Å². The first-order chi connectivity index (χ1) is 15.8. The minimum Gasteiger partial charge on any atom is -0.431 e. The number of aliphatic hydroxyl groups is 1. The molecule has 1 aromatic rings. The first-order valence-corrected chi connectivity index (χ1v) is 13.3. The zero-order valence-corrected chi connectivity index (χ0v) is 20.3. The molecule has 5 aliphatic rings. The number of nitrogens with one attached hydrogen (secondary N) is 1. The predicted molar refractivity (Wildman–Crippen MR) is 129 cm³/mol. The van der Waals surface area contributed by atoms with Gasteiger partial charge in [-0.2, -0.15) is 0 Å². The van der Waals surface area contributed by atoms with Crippen molar-refractivity contribution in [3.05, 3.63) is 46.0 Å². The standard InChI is InChI=1S/C28H40N2O3/c1-26-10-7-21(30-15-13-29-14-16-30)17-20(26)4-5-24-23(26)8-11-27(2)22(9-12-28(24,27)32)19-3-6-25(31)33-18-19/h3,6,17-18,21-24,29,32H,4-5,7-16H2,1-2H3/t21-,22+,23-,24+,26-,27+,28-/m0/s1. The molecule has 0 spiro atoms. The van der Waals surface area contributed by atoms with Gasteiger partial charge in [0.25, 0.3) is 0 Å². The van der Waals surface area contributed by atoms with Crippen LogP contribution in [0.1, 0.15) is 76.7 Å². The maximum Gasteiger partial charge on any atom is 0.335 e. The van der Waals surface area contributed by atoms with E-state index < -0.39 is 5.60 Å². The van der Waals surface area contributed by atoms with Crippen LogP contribution in [-0.2, 0) is 0 Å². The number of fused-ring (bicyclic) bond motifs is 5. The lowest BCUT2D eigenvalue weighted by Crippen LogP contribution is -2.60. The summed E-state index contributed by atoms with van der Waals surface area (Å²) in [5, 5.41) is 15.9. The van der Waals surface area contributed by atoms with Crippen molar-refractivity contribution in [1.82, 2.24) is 10.2 Å². The molecule has 1 saturated heterocycles. The number of hydrogen-bond acceptors (Lipinski definition) is 5. The smallest absolute Gasteiger partial charge is 0.335 e. The third kappa shape index (κ3) is 3.18. The van der Waals surface area contributed by atoms with E-state index in [9.17, 15) is 9.90 Å². The summed E-state index contributed by atoms with van der Waals surface area (Å²) in [6.07, 6.45) is 13.2. The van der Waals surface area contributed by atoms with Gasteiger partial charge in [-0.1, -0.05) is 25.5 Å². The number of rotatable bonds is 2. The molecule has 0 unspecified atom stereocenters. The van der Waals surface area contributed by atoms with Gasteiger partial charge in [-0.15, -0.1) is 0 Å². The van der Waals surface area contributed by atoms with Gasteiger partial charge < -0.3 is 14.8 Å². The average molecular weight is 453 g/mol. The number of allylic oxidation sites excluding steroid dienone is 1. The first kappa shape index (κ1) is 22.1. The molecule has 2 N–H and O–H groups in total. The normalized spacial score (nSPS) is 45.6. The molecular formula is C28H40N2O3. The maximum atomic E-state index is 12.4. The van der Waals surface area contributed by atoms with Crippen molar-refractivity contribution in [2.45, 2.75) is 82.8 Å². The SMILES string of the molecule is C[C@]12CC[C@H](N3CCNCC3)C=C1CC[C@@H]1[C@@H]2CC[C@]2(C)[C@@H](c3ccc(=O)oc3)CC[C@]12O. The van der Waals surface area contributed by atoms with E-state index in [0.29, 0.717) is 17.9 Å². The summed E-state index contributed by atoms with van der Waals surface area (Å²) in [5.74, 6) is 1.21. The minimum atomic E-state index is -0.624. The van der Waals surface area contributed by atoms with E-state index in [2.05, 4.69) is 30.1 Å². The molecular weight excluding hydrogens is 412 g/mol. The monoisotopic (exact) mass is 452 g/mol. The van der Waals surface area contributed by atoms with E-state index in [1.807, 2.05) is 6.07 Å². The van der Waals surface area contributed by atoms with Crippen molar-refractivity contribution in [1.29, 1.82) is 0 Å². The molecule has 1 aliphatic heterocycles. The Labute approximate surface area is 197 Å². The minimum absolute atomic E-state index is 0.149. The summed E-state index contributed by atoms with van der Waals surface area (Å²) in [7, 11) is 0. The van der Waals surface area contributed by atoms with Gasteiger partial charge in [0.05, 0.1) is 11.9 Å². The van der Waals surface area contributed by atoms with E-state index in [-0.39, 0.29) is 22.4 Å². The van der Waals surface area contributed by atoms with Gasteiger partial charge in [0.1, 0.15) is 0 Å². The molecule has 33 heavy (non-hydrogen) atoms. The Hall–Kier alpha value is -1.43. The van der Waals surface area contributed by atoms with E-state index >= 15 is 0 Å². The van der Waals surface area contributed by atoms with Crippen molar-refractivity contribution < 1.29 is 9.52 Å². The second kappa shape index (κ2) is 7.79. The molecule has 7 atom stereocenters. The fourth-order valence-corrected chi connectivity index (χ4v) is 9.08.